The van der Waals surface area contributed by atoms with Crippen molar-refractivity contribution in [3.05, 3.63) is 59.8 Å². The number of piperazine rings is 1. The molecule has 1 amide bonds. The molecule has 2 aromatic rings. The summed E-state index contributed by atoms with van der Waals surface area (Å²) in [5.74, 6) is 0.866. The van der Waals surface area contributed by atoms with E-state index in [1.54, 1.807) is 6.20 Å². The minimum Gasteiger partial charge on any atom is -0.366 e. The van der Waals surface area contributed by atoms with E-state index in [2.05, 4.69) is 48.1 Å². The van der Waals surface area contributed by atoms with E-state index in [0.717, 1.165) is 38.4 Å². The Morgan fingerprint density at radius 1 is 1.19 bits per heavy atom. The van der Waals surface area contributed by atoms with Crippen molar-refractivity contribution in [1.29, 1.82) is 0 Å². The van der Waals surface area contributed by atoms with Gasteiger partial charge in [-0.3, -0.25) is 9.69 Å². The van der Waals surface area contributed by atoms with E-state index < -0.39 is 0 Å². The monoisotopic (exact) mass is 366 g/mol. The number of amides is 1. The van der Waals surface area contributed by atoms with Gasteiger partial charge in [-0.25, -0.2) is 4.98 Å². The first kappa shape index (κ1) is 19.4. The van der Waals surface area contributed by atoms with Crippen molar-refractivity contribution in [1.82, 2.24) is 14.8 Å². The molecule has 0 saturated carbocycles. The maximum atomic E-state index is 12.9. The minimum atomic E-state index is 0.0824. The number of anilines is 1. The van der Waals surface area contributed by atoms with E-state index in [1.807, 2.05) is 35.2 Å². The second kappa shape index (κ2) is 9.00. The van der Waals surface area contributed by atoms with Gasteiger partial charge < -0.3 is 10.2 Å². The van der Waals surface area contributed by atoms with Crippen LogP contribution in [0.2, 0.25) is 0 Å². The molecular weight excluding hydrogens is 336 g/mol. The van der Waals surface area contributed by atoms with E-state index in [0.29, 0.717) is 17.6 Å². The highest BCUT2D eigenvalue weighted by molar-refractivity contribution is 5.94. The van der Waals surface area contributed by atoms with Crippen LogP contribution < -0.4 is 5.32 Å². The third-order valence-electron chi connectivity index (χ3n) is 5.28. The summed E-state index contributed by atoms with van der Waals surface area (Å²) < 4.78 is 0. The second-order valence-electron chi connectivity index (χ2n) is 7.42. The molecule has 5 heteroatoms. The smallest absolute Gasteiger partial charge is 0.255 e. The van der Waals surface area contributed by atoms with Crippen LogP contribution in [0.15, 0.2) is 48.7 Å². The summed E-state index contributed by atoms with van der Waals surface area (Å²) in [5.41, 5.74) is 1.86. The van der Waals surface area contributed by atoms with Gasteiger partial charge in [0.1, 0.15) is 5.82 Å². The van der Waals surface area contributed by atoms with E-state index in [9.17, 15) is 4.79 Å². The van der Waals surface area contributed by atoms with Crippen LogP contribution in [0.1, 0.15) is 43.1 Å². The summed E-state index contributed by atoms with van der Waals surface area (Å²) in [6.45, 7) is 9.88. The normalized spacial score (nSPS) is 17.9. The Bertz CT molecular complexity index is 730. The Kier molecular flexibility index (Phi) is 6.45. The first-order valence-electron chi connectivity index (χ1n) is 9.87. The van der Waals surface area contributed by atoms with Crippen LogP contribution in [-0.2, 0) is 6.54 Å². The SMILES string of the molecule is CCC1CN(C(=O)c2ccc(NCc3ccccc3)nc2)CCN1C(C)C. The number of hydrogen-bond donors (Lipinski definition) is 1. The number of hydrogen-bond acceptors (Lipinski definition) is 4. The van der Waals surface area contributed by atoms with Crippen LogP contribution in [0, 0.1) is 0 Å². The first-order valence-corrected chi connectivity index (χ1v) is 9.87. The summed E-state index contributed by atoms with van der Waals surface area (Å²) in [4.78, 5) is 21.8. The zero-order chi connectivity index (χ0) is 19.2. The van der Waals surface area contributed by atoms with Gasteiger partial charge in [-0.15, -0.1) is 0 Å². The van der Waals surface area contributed by atoms with Crippen LogP contribution in [0.5, 0.6) is 0 Å². The molecule has 1 atom stereocenters. The maximum absolute atomic E-state index is 12.9. The van der Waals surface area contributed by atoms with Gasteiger partial charge in [0.15, 0.2) is 0 Å². The summed E-state index contributed by atoms with van der Waals surface area (Å²) in [7, 11) is 0. The Labute approximate surface area is 162 Å². The molecule has 0 aliphatic carbocycles. The van der Waals surface area contributed by atoms with Crippen molar-refractivity contribution < 1.29 is 4.79 Å². The van der Waals surface area contributed by atoms with Crippen molar-refractivity contribution in [3.63, 3.8) is 0 Å². The molecule has 1 aliphatic heterocycles. The van der Waals surface area contributed by atoms with Crippen molar-refractivity contribution >= 4 is 11.7 Å². The van der Waals surface area contributed by atoms with E-state index in [-0.39, 0.29) is 5.91 Å². The highest BCUT2D eigenvalue weighted by Crippen LogP contribution is 2.18. The highest BCUT2D eigenvalue weighted by atomic mass is 16.2. The highest BCUT2D eigenvalue weighted by Gasteiger charge is 2.30. The lowest BCUT2D eigenvalue weighted by Gasteiger charge is -2.43. The zero-order valence-electron chi connectivity index (χ0n) is 16.6. The quantitative estimate of drug-likeness (QED) is 0.848. The largest absolute Gasteiger partial charge is 0.366 e. The Hall–Kier alpha value is -2.40. The number of rotatable bonds is 6. The number of benzene rings is 1. The van der Waals surface area contributed by atoms with E-state index >= 15 is 0 Å². The minimum absolute atomic E-state index is 0.0824. The van der Waals surface area contributed by atoms with Crippen molar-refractivity contribution in [3.8, 4) is 0 Å². The van der Waals surface area contributed by atoms with Crippen LogP contribution >= 0.6 is 0 Å². The average Bonchev–Trinajstić information content (AvgIpc) is 2.72. The molecule has 27 heavy (non-hydrogen) atoms. The molecule has 1 aromatic carbocycles. The average molecular weight is 367 g/mol. The lowest BCUT2D eigenvalue weighted by Crippen LogP contribution is -2.56. The van der Waals surface area contributed by atoms with Gasteiger partial charge in [-0.2, -0.15) is 0 Å². The summed E-state index contributed by atoms with van der Waals surface area (Å²) in [6, 6.07) is 14.9. The fourth-order valence-corrected chi connectivity index (χ4v) is 3.69. The molecule has 2 heterocycles. The predicted molar refractivity (Wildman–Crippen MR) is 110 cm³/mol. The van der Waals surface area contributed by atoms with Crippen LogP contribution in [0.4, 0.5) is 5.82 Å². The molecule has 0 bridgehead atoms. The van der Waals surface area contributed by atoms with Crippen LogP contribution in [-0.4, -0.2) is 52.4 Å². The lowest BCUT2D eigenvalue weighted by molar-refractivity contribution is 0.0371. The van der Waals surface area contributed by atoms with Crippen molar-refractivity contribution in [2.45, 2.75) is 45.8 Å². The summed E-state index contributed by atoms with van der Waals surface area (Å²) in [6.07, 6.45) is 2.74. The maximum Gasteiger partial charge on any atom is 0.255 e. The molecule has 1 aromatic heterocycles. The van der Waals surface area contributed by atoms with Gasteiger partial charge in [-0.1, -0.05) is 37.3 Å². The van der Waals surface area contributed by atoms with Crippen molar-refractivity contribution in [2.24, 2.45) is 0 Å². The number of carbonyl (C=O) groups excluding carboxylic acids is 1. The van der Waals surface area contributed by atoms with E-state index in [4.69, 9.17) is 0 Å². The second-order valence-corrected chi connectivity index (χ2v) is 7.42. The molecular formula is C22H30N4O. The molecule has 1 fully saturated rings. The summed E-state index contributed by atoms with van der Waals surface area (Å²) in [5, 5.41) is 3.30. The summed E-state index contributed by atoms with van der Waals surface area (Å²) >= 11 is 0. The molecule has 0 spiro atoms. The molecule has 144 valence electrons. The number of pyridine rings is 1. The van der Waals surface area contributed by atoms with Gasteiger partial charge in [0, 0.05) is 44.5 Å². The molecule has 1 aliphatic rings. The van der Waals surface area contributed by atoms with Gasteiger partial charge in [0.2, 0.25) is 0 Å². The number of nitrogens with one attached hydrogen (secondary N) is 1. The molecule has 3 rings (SSSR count). The first-order chi connectivity index (χ1) is 13.1. The van der Waals surface area contributed by atoms with Crippen LogP contribution in [0.25, 0.3) is 0 Å². The number of nitrogens with zero attached hydrogens (tertiary/aromatic N) is 3. The molecule has 0 radical (unpaired) electrons. The molecule has 5 nitrogen and oxygen atoms in total. The lowest BCUT2D eigenvalue weighted by atomic mass is 10.1. The van der Waals surface area contributed by atoms with Gasteiger partial charge in [0.25, 0.3) is 5.91 Å². The van der Waals surface area contributed by atoms with Gasteiger partial charge >= 0.3 is 0 Å². The molecule has 1 unspecified atom stereocenters. The Balaban J connectivity index is 1.59. The van der Waals surface area contributed by atoms with Crippen LogP contribution in [0.3, 0.4) is 0 Å². The fourth-order valence-electron chi connectivity index (χ4n) is 3.69. The predicted octanol–water partition coefficient (Wildman–Crippen LogP) is 3.64. The molecule has 1 saturated heterocycles. The Morgan fingerprint density at radius 3 is 2.59 bits per heavy atom. The van der Waals surface area contributed by atoms with Crippen molar-refractivity contribution in [2.75, 3.05) is 25.0 Å². The topological polar surface area (TPSA) is 48.5 Å². The van der Waals surface area contributed by atoms with E-state index in [1.165, 1.54) is 5.56 Å². The third-order valence-corrected chi connectivity index (χ3v) is 5.28. The third kappa shape index (κ3) is 4.86. The zero-order valence-corrected chi connectivity index (χ0v) is 16.6. The molecule has 1 N–H and O–H groups in total. The standard InChI is InChI=1S/C22H30N4O/c1-4-20-16-25(12-13-26(20)17(2)3)22(27)19-10-11-21(24-15-19)23-14-18-8-6-5-7-9-18/h5-11,15,17,20H,4,12-14,16H2,1-3H3,(H,23,24). The number of aromatic nitrogens is 1. The number of carbonyl (C=O) groups is 1. The van der Waals surface area contributed by atoms with Gasteiger partial charge in [-0.05, 0) is 38.0 Å². The Morgan fingerprint density at radius 2 is 1.96 bits per heavy atom. The van der Waals surface area contributed by atoms with Gasteiger partial charge in [0.05, 0.1) is 5.56 Å². The fraction of sp³-hybridized carbons (Fsp3) is 0.455.